The second-order valence-electron chi connectivity index (χ2n) is 8.52. The van der Waals surface area contributed by atoms with Crippen LogP contribution < -0.4 is 0 Å². The van der Waals surface area contributed by atoms with Crippen LogP contribution in [0.15, 0.2) is 48.7 Å². The topological polar surface area (TPSA) is 12.9 Å². The van der Waals surface area contributed by atoms with Crippen molar-refractivity contribution in [2.24, 2.45) is 0 Å². The molecule has 0 fully saturated rings. The van der Waals surface area contributed by atoms with E-state index in [1.54, 1.807) is 0 Å². The van der Waals surface area contributed by atoms with Gasteiger partial charge in [-0.05, 0) is 58.6 Å². The standard InChI is InChI=1S/C23H24ClN/c1-22(2)11-12-23(3,4)19-14-15(7-9-18(19)22)16-8-10-20(24)17-6-5-13-25-21(16)17/h5-10,13-14H,11-12H2,1-4H3. The molecule has 0 amide bonds. The highest BCUT2D eigenvalue weighted by molar-refractivity contribution is 6.35. The van der Waals surface area contributed by atoms with Crippen molar-refractivity contribution in [3.63, 3.8) is 0 Å². The fraction of sp³-hybridized carbons (Fsp3) is 0.348. The third-order valence-electron chi connectivity index (χ3n) is 5.88. The molecule has 0 saturated heterocycles. The Morgan fingerprint density at radius 3 is 2.36 bits per heavy atom. The van der Waals surface area contributed by atoms with Crippen LogP contribution in [-0.2, 0) is 10.8 Å². The largest absolute Gasteiger partial charge is 0.256 e. The van der Waals surface area contributed by atoms with Gasteiger partial charge in [-0.15, -0.1) is 0 Å². The van der Waals surface area contributed by atoms with Gasteiger partial charge < -0.3 is 0 Å². The van der Waals surface area contributed by atoms with Crippen molar-refractivity contribution >= 4 is 22.5 Å². The minimum Gasteiger partial charge on any atom is -0.256 e. The van der Waals surface area contributed by atoms with Crippen LogP contribution in [0, 0.1) is 0 Å². The van der Waals surface area contributed by atoms with Gasteiger partial charge in [0.1, 0.15) is 0 Å². The fourth-order valence-corrected chi connectivity index (χ4v) is 4.34. The summed E-state index contributed by atoms with van der Waals surface area (Å²) in [6.07, 6.45) is 4.29. The highest BCUT2D eigenvalue weighted by Crippen LogP contribution is 2.47. The summed E-state index contributed by atoms with van der Waals surface area (Å²) in [4.78, 5) is 4.61. The van der Waals surface area contributed by atoms with Crippen molar-refractivity contribution in [2.75, 3.05) is 0 Å². The highest BCUT2D eigenvalue weighted by Gasteiger charge is 2.37. The quantitative estimate of drug-likeness (QED) is 0.465. The summed E-state index contributed by atoms with van der Waals surface area (Å²) in [6, 6.07) is 15.0. The first-order chi connectivity index (χ1) is 11.8. The van der Waals surface area contributed by atoms with E-state index in [1.165, 1.54) is 29.5 Å². The summed E-state index contributed by atoms with van der Waals surface area (Å²) in [5, 5.41) is 1.77. The lowest BCUT2D eigenvalue weighted by Crippen LogP contribution is -2.33. The summed E-state index contributed by atoms with van der Waals surface area (Å²) in [5.41, 5.74) is 6.76. The van der Waals surface area contributed by atoms with E-state index >= 15 is 0 Å². The Labute approximate surface area is 155 Å². The van der Waals surface area contributed by atoms with Crippen LogP contribution in [-0.4, -0.2) is 4.98 Å². The van der Waals surface area contributed by atoms with Crippen LogP contribution in [0.2, 0.25) is 5.02 Å². The van der Waals surface area contributed by atoms with E-state index in [4.69, 9.17) is 11.6 Å². The van der Waals surface area contributed by atoms with Crippen molar-refractivity contribution in [1.29, 1.82) is 0 Å². The van der Waals surface area contributed by atoms with Crippen LogP contribution >= 0.6 is 11.6 Å². The SMILES string of the molecule is CC1(C)CCC(C)(C)c2cc(-c3ccc(Cl)c4cccnc34)ccc21. The van der Waals surface area contributed by atoms with Gasteiger partial charge in [-0.2, -0.15) is 0 Å². The van der Waals surface area contributed by atoms with Crippen LogP contribution in [0.3, 0.4) is 0 Å². The first-order valence-electron chi connectivity index (χ1n) is 8.98. The van der Waals surface area contributed by atoms with Gasteiger partial charge in [0.15, 0.2) is 0 Å². The number of rotatable bonds is 1. The fourth-order valence-electron chi connectivity index (χ4n) is 4.13. The maximum atomic E-state index is 6.37. The van der Waals surface area contributed by atoms with Crippen LogP contribution in [0.5, 0.6) is 0 Å². The molecular weight excluding hydrogens is 326 g/mol. The van der Waals surface area contributed by atoms with E-state index in [9.17, 15) is 0 Å². The Morgan fingerprint density at radius 2 is 1.60 bits per heavy atom. The maximum Gasteiger partial charge on any atom is 0.0795 e. The van der Waals surface area contributed by atoms with E-state index in [2.05, 4.69) is 56.9 Å². The molecule has 1 nitrogen and oxygen atoms in total. The van der Waals surface area contributed by atoms with Crippen molar-refractivity contribution in [1.82, 2.24) is 4.98 Å². The Balaban J connectivity index is 1.96. The van der Waals surface area contributed by atoms with Crippen molar-refractivity contribution in [3.8, 4) is 11.1 Å². The van der Waals surface area contributed by atoms with E-state index in [1.807, 2.05) is 24.4 Å². The molecular formula is C23H24ClN. The second kappa shape index (κ2) is 5.57. The molecule has 0 radical (unpaired) electrons. The number of fused-ring (bicyclic) bond motifs is 2. The van der Waals surface area contributed by atoms with Gasteiger partial charge in [-0.3, -0.25) is 4.98 Å². The Hall–Kier alpha value is -1.86. The molecule has 0 atom stereocenters. The van der Waals surface area contributed by atoms with E-state index in [0.717, 1.165) is 21.5 Å². The number of benzene rings is 2. The van der Waals surface area contributed by atoms with Crippen molar-refractivity contribution < 1.29 is 0 Å². The predicted octanol–water partition coefficient (Wildman–Crippen LogP) is 6.90. The molecule has 0 saturated carbocycles. The summed E-state index contributed by atoms with van der Waals surface area (Å²) < 4.78 is 0. The summed E-state index contributed by atoms with van der Waals surface area (Å²) in [5.74, 6) is 0. The Bertz CT molecular complexity index is 969. The number of hydrogen-bond donors (Lipinski definition) is 0. The summed E-state index contributed by atoms with van der Waals surface area (Å²) in [6.45, 7) is 9.45. The molecule has 1 aliphatic rings. The Kier molecular flexibility index (Phi) is 3.70. The molecule has 25 heavy (non-hydrogen) atoms. The van der Waals surface area contributed by atoms with Gasteiger partial charge in [0.2, 0.25) is 0 Å². The minimum absolute atomic E-state index is 0.205. The molecule has 1 aromatic heterocycles. The second-order valence-corrected chi connectivity index (χ2v) is 8.93. The number of halogens is 1. The normalized spacial score (nSPS) is 18.1. The molecule has 2 aromatic carbocycles. The Morgan fingerprint density at radius 1 is 0.880 bits per heavy atom. The molecule has 3 aromatic rings. The number of hydrogen-bond acceptors (Lipinski definition) is 1. The lowest BCUT2D eigenvalue weighted by atomic mass is 9.63. The molecule has 0 bridgehead atoms. The highest BCUT2D eigenvalue weighted by atomic mass is 35.5. The summed E-state index contributed by atoms with van der Waals surface area (Å²) >= 11 is 6.37. The first-order valence-corrected chi connectivity index (χ1v) is 9.36. The van der Waals surface area contributed by atoms with E-state index < -0.39 is 0 Å². The van der Waals surface area contributed by atoms with Crippen LogP contribution in [0.1, 0.15) is 51.7 Å². The molecule has 1 heterocycles. The monoisotopic (exact) mass is 349 g/mol. The summed E-state index contributed by atoms with van der Waals surface area (Å²) in [7, 11) is 0. The predicted molar refractivity (Wildman–Crippen MR) is 107 cm³/mol. The zero-order valence-corrected chi connectivity index (χ0v) is 16.1. The molecule has 0 spiro atoms. The number of aromatic nitrogens is 1. The minimum atomic E-state index is 0.205. The zero-order valence-electron chi connectivity index (χ0n) is 15.4. The third kappa shape index (κ3) is 2.66. The lowest BCUT2D eigenvalue weighted by molar-refractivity contribution is 0.332. The average Bonchev–Trinajstić information content (AvgIpc) is 2.59. The maximum absolute atomic E-state index is 6.37. The van der Waals surface area contributed by atoms with Crippen LogP contribution in [0.4, 0.5) is 0 Å². The lowest BCUT2D eigenvalue weighted by Gasteiger charge is -2.42. The van der Waals surface area contributed by atoms with E-state index in [0.29, 0.717) is 0 Å². The molecule has 4 rings (SSSR count). The smallest absolute Gasteiger partial charge is 0.0795 e. The van der Waals surface area contributed by atoms with Crippen molar-refractivity contribution in [3.05, 3.63) is 64.8 Å². The molecule has 0 N–H and O–H groups in total. The van der Waals surface area contributed by atoms with Gasteiger partial charge in [-0.25, -0.2) is 0 Å². The zero-order chi connectivity index (χ0) is 17.8. The van der Waals surface area contributed by atoms with Gasteiger partial charge in [0, 0.05) is 17.1 Å². The first kappa shape index (κ1) is 16.6. The van der Waals surface area contributed by atoms with Gasteiger partial charge >= 0.3 is 0 Å². The third-order valence-corrected chi connectivity index (χ3v) is 6.21. The van der Waals surface area contributed by atoms with E-state index in [-0.39, 0.29) is 10.8 Å². The number of pyridine rings is 1. The molecule has 0 unspecified atom stereocenters. The number of nitrogens with zero attached hydrogens (tertiary/aromatic N) is 1. The molecule has 1 aliphatic carbocycles. The van der Waals surface area contributed by atoms with Gasteiger partial charge in [0.05, 0.1) is 10.5 Å². The van der Waals surface area contributed by atoms with Crippen molar-refractivity contribution in [2.45, 2.75) is 51.4 Å². The van der Waals surface area contributed by atoms with Gasteiger partial charge in [0.25, 0.3) is 0 Å². The van der Waals surface area contributed by atoms with Crippen LogP contribution in [0.25, 0.3) is 22.0 Å². The average molecular weight is 350 g/mol. The van der Waals surface area contributed by atoms with Gasteiger partial charge in [-0.1, -0.05) is 63.6 Å². The molecule has 2 heteroatoms. The molecule has 0 aliphatic heterocycles. The molecule has 128 valence electrons.